The van der Waals surface area contributed by atoms with Crippen molar-refractivity contribution in [3.05, 3.63) is 47.7 Å². The fourth-order valence-electron chi connectivity index (χ4n) is 3.53. The van der Waals surface area contributed by atoms with Gasteiger partial charge in [-0.3, -0.25) is 14.5 Å². The summed E-state index contributed by atoms with van der Waals surface area (Å²) in [5.74, 6) is -1.01. The molecule has 162 valence electrons. The maximum Gasteiger partial charge on any atom is 0.435 e. The molecule has 1 aromatic carbocycles. The molecule has 2 amide bonds. The van der Waals surface area contributed by atoms with Crippen LogP contribution in [-0.4, -0.2) is 46.1 Å². The number of nitrogens with one attached hydrogen (secondary N) is 1. The first-order valence-corrected chi connectivity index (χ1v) is 9.62. The molecule has 0 fully saturated rings. The fourth-order valence-corrected chi connectivity index (χ4v) is 3.53. The highest BCUT2D eigenvalue weighted by Gasteiger charge is 2.38. The molecule has 2 aliphatic rings. The van der Waals surface area contributed by atoms with Crippen LogP contribution in [0.2, 0.25) is 0 Å². The van der Waals surface area contributed by atoms with Gasteiger partial charge in [-0.15, -0.1) is 5.10 Å². The van der Waals surface area contributed by atoms with Crippen molar-refractivity contribution in [2.45, 2.75) is 38.0 Å². The molecule has 31 heavy (non-hydrogen) atoms. The predicted molar refractivity (Wildman–Crippen MR) is 107 cm³/mol. The van der Waals surface area contributed by atoms with E-state index in [9.17, 15) is 22.8 Å². The second-order valence-electron chi connectivity index (χ2n) is 7.37. The van der Waals surface area contributed by atoms with Gasteiger partial charge < -0.3 is 5.32 Å². The van der Waals surface area contributed by atoms with Crippen molar-refractivity contribution >= 4 is 29.1 Å². The van der Waals surface area contributed by atoms with Crippen molar-refractivity contribution in [1.82, 2.24) is 15.1 Å². The van der Waals surface area contributed by atoms with Crippen LogP contribution in [0.25, 0.3) is 0 Å². The Kier molecular flexibility index (Phi) is 5.34. The Bertz CT molecular complexity index is 1070. The number of hydrogen-bond acceptors (Lipinski definition) is 5. The smallest absolute Gasteiger partial charge is 0.339 e. The van der Waals surface area contributed by atoms with E-state index in [1.807, 2.05) is 30.3 Å². The molecule has 1 aromatic heterocycles. The number of fused-ring (bicyclic) bond motifs is 1. The van der Waals surface area contributed by atoms with Crippen molar-refractivity contribution in [1.29, 1.82) is 0 Å². The van der Waals surface area contributed by atoms with Gasteiger partial charge in [-0.25, -0.2) is 4.68 Å². The summed E-state index contributed by atoms with van der Waals surface area (Å²) >= 11 is 0. The molecule has 1 atom stereocenters. The molecular formula is C20H19F3N6O2. The Hall–Kier alpha value is -3.50. The molecule has 0 spiro atoms. The number of carbonyl (C=O) groups excluding carboxylic acids is 2. The third-order valence-electron chi connectivity index (χ3n) is 5.15. The zero-order chi connectivity index (χ0) is 22.2. The van der Waals surface area contributed by atoms with E-state index < -0.39 is 29.7 Å². The number of carbonyl (C=O) groups is 2. The number of aromatic nitrogens is 2. The van der Waals surface area contributed by atoms with Gasteiger partial charge in [0.1, 0.15) is 17.6 Å². The average molecular weight is 432 g/mol. The van der Waals surface area contributed by atoms with Crippen molar-refractivity contribution < 1.29 is 22.8 Å². The van der Waals surface area contributed by atoms with Crippen molar-refractivity contribution in [2.75, 3.05) is 11.9 Å². The normalized spacial score (nSPS) is 18.9. The number of hydrogen-bond donors (Lipinski definition) is 1. The Balaban J connectivity index is 1.38. The standard InChI is InChI=1S/C20H19F3N6O2/c1-28-17-11-16(20(21,22)23)27-29(17)8-7-14(19(28)31)24-18(30)15-10-13(25-26-15)9-12-5-3-2-4-6-12/h2-6,11,14H,7-10H2,1H3,(H,24,30). The highest BCUT2D eigenvalue weighted by Crippen LogP contribution is 2.32. The summed E-state index contributed by atoms with van der Waals surface area (Å²) < 4.78 is 39.9. The number of benzene rings is 1. The van der Waals surface area contributed by atoms with Crippen molar-refractivity contribution in [3.8, 4) is 0 Å². The first-order valence-electron chi connectivity index (χ1n) is 9.62. The maximum absolute atomic E-state index is 12.9. The lowest BCUT2D eigenvalue weighted by Crippen LogP contribution is -2.48. The van der Waals surface area contributed by atoms with Crippen LogP contribution < -0.4 is 10.2 Å². The minimum absolute atomic E-state index is 0.0285. The van der Waals surface area contributed by atoms with Crippen LogP contribution in [0.3, 0.4) is 0 Å². The third-order valence-corrected chi connectivity index (χ3v) is 5.15. The first kappa shape index (κ1) is 20.8. The highest BCUT2D eigenvalue weighted by atomic mass is 19.4. The second kappa shape index (κ2) is 7.97. The van der Waals surface area contributed by atoms with Gasteiger partial charge in [-0.2, -0.15) is 23.4 Å². The van der Waals surface area contributed by atoms with Crippen LogP contribution in [-0.2, 0) is 28.7 Å². The van der Waals surface area contributed by atoms with Gasteiger partial charge in [0.05, 0.1) is 5.71 Å². The molecule has 1 N–H and O–H groups in total. The lowest BCUT2D eigenvalue weighted by molar-refractivity contribution is -0.141. The molecule has 2 aromatic rings. The minimum atomic E-state index is -4.60. The van der Waals surface area contributed by atoms with E-state index in [0.29, 0.717) is 6.42 Å². The van der Waals surface area contributed by atoms with E-state index in [0.717, 1.165) is 26.9 Å². The summed E-state index contributed by atoms with van der Waals surface area (Å²) in [6, 6.07) is 9.56. The molecule has 0 saturated heterocycles. The summed E-state index contributed by atoms with van der Waals surface area (Å²) in [7, 11) is 1.36. The number of alkyl halides is 3. The molecular weight excluding hydrogens is 413 g/mol. The van der Waals surface area contributed by atoms with Gasteiger partial charge in [-0.05, 0) is 12.0 Å². The molecule has 4 rings (SSSR count). The van der Waals surface area contributed by atoms with Crippen LogP contribution in [0, 0.1) is 0 Å². The largest absolute Gasteiger partial charge is 0.435 e. The Morgan fingerprint density at radius 3 is 2.68 bits per heavy atom. The van der Waals surface area contributed by atoms with Crippen molar-refractivity contribution in [3.63, 3.8) is 0 Å². The number of anilines is 1. The molecule has 8 nitrogen and oxygen atoms in total. The SMILES string of the molecule is CN1C(=O)C(NC(=O)C2=NN=C(Cc3ccccc3)C2)CCn2nc(C(F)(F)F)cc21. The first-order chi connectivity index (χ1) is 14.7. The molecule has 2 aliphatic heterocycles. The van der Waals surface area contributed by atoms with E-state index in [2.05, 4.69) is 20.6 Å². The lowest BCUT2D eigenvalue weighted by atomic mass is 10.0. The van der Waals surface area contributed by atoms with Gasteiger partial charge in [0.2, 0.25) is 0 Å². The Morgan fingerprint density at radius 1 is 1.23 bits per heavy atom. The van der Waals surface area contributed by atoms with Crippen LogP contribution >= 0.6 is 0 Å². The number of amides is 2. The molecule has 1 unspecified atom stereocenters. The molecule has 0 radical (unpaired) electrons. The van der Waals surface area contributed by atoms with Gasteiger partial charge in [0.25, 0.3) is 11.8 Å². The van der Waals surface area contributed by atoms with Crippen LogP contribution in [0.4, 0.5) is 19.0 Å². The Labute approximate surface area is 175 Å². The maximum atomic E-state index is 12.9. The molecule has 3 heterocycles. The molecule has 0 aliphatic carbocycles. The van der Waals surface area contributed by atoms with Crippen LogP contribution in [0.5, 0.6) is 0 Å². The topological polar surface area (TPSA) is 92.0 Å². The van der Waals surface area contributed by atoms with Gasteiger partial charge in [0.15, 0.2) is 5.69 Å². The van der Waals surface area contributed by atoms with E-state index >= 15 is 0 Å². The van der Waals surface area contributed by atoms with E-state index in [-0.39, 0.29) is 30.9 Å². The minimum Gasteiger partial charge on any atom is -0.339 e. The number of halogens is 3. The van der Waals surface area contributed by atoms with Gasteiger partial charge in [0, 0.05) is 32.5 Å². The summed E-state index contributed by atoms with van der Waals surface area (Å²) in [6.07, 6.45) is -3.66. The zero-order valence-corrected chi connectivity index (χ0v) is 16.6. The van der Waals surface area contributed by atoms with Crippen LogP contribution in [0.1, 0.15) is 24.1 Å². The summed E-state index contributed by atoms with van der Waals surface area (Å²) in [4.78, 5) is 26.4. The Morgan fingerprint density at radius 2 is 1.97 bits per heavy atom. The summed E-state index contributed by atoms with van der Waals surface area (Å²) in [6.45, 7) is 0.0503. The monoisotopic (exact) mass is 432 g/mol. The number of rotatable bonds is 4. The molecule has 0 bridgehead atoms. The number of nitrogens with zero attached hydrogens (tertiary/aromatic N) is 5. The van der Waals surface area contributed by atoms with Gasteiger partial charge >= 0.3 is 6.18 Å². The highest BCUT2D eigenvalue weighted by molar-refractivity contribution is 6.43. The fraction of sp³-hybridized carbons (Fsp3) is 0.350. The number of likely N-dealkylation sites (N-methyl/N-ethyl adjacent to an activating group) is 1. The van der Waals surface area contributed by atoms with E-state index in [1.54, 1.807) is 0 Å². The van der Waals surface area contributed by atoms with E-state index in [1.165, 1.54) is 7.05 Å². The predicted octanol–water partition coefficient (Wildman–Crippen LogP) is 2.20. The summed E-state index contributed by atoms with van der Waals surface area (Å²) in [5, 5.41) is 14.2. The van der Waals surface area contributed by atoms with Crippen LogP contribution in [0.15, 0.2) is 46.6 Å². The van der Waals surface area contributed by atoms with Crippen molar-refractivity contribution in [2.24, 2.45) is 10.2 Å². The quantitative estimate of drug-likeness (QED) is 0.803. The van der Waals surface area contributed by atoms with E-state index in [4.69, 9.17) is 0 Å². The third kappa shape index (κ3) is 4.35. The zero-order valence-electron chi connectivity index (χ0n) is 16.6. The van der Waals surface area contributed by atoms with Gasteiger partial charge in [-0.1, -0.05) is 30.3 Å². The average Bonchev–Trinajstić information content (AvgIpc) is 3.35. The lowest BCUT2D eigenvalue weighted by Gasteiger charge is -2.20. The number of aryl methyl sites for hydroxylation is 1. The summed E-state index contributed by atoms with van der Waals surface area (Å²) in [5.41, 5.74) is 0.919. The molecule has 0 saturated carbocycles. The molecule has 11 heteroatoms. The second-order valence-corrected chi connectivity index (χ2v) is 7.37.